The fraction of sp³-hybridized carbons (Fsp3) is 0.278. The van der Waals surface area contributed by atoms with Crippen LogP contribution in [0, 0.1) is 0 Å². The van der Waals surface area contributed by atoms with Crippen molar-refractivity contribution in [3.8, 4) is 5.75 Å². The van der Waals surface area contributed by atoms with Gasteiger partial charge in [-0.25, -0.2) is 8.42 Å². The first-order valence-corrected chi connectivity index (χ1v) is 18.1. The Hall–Kier alpha value is -3.76. The minimum Gasteiger partial charge on any atom is -0.495 e. The molecule has 0 unspecified atom stereocenters. The van der Waals surface area contributed by atoms with Gasteiger partial charge in [-0.3, -0.25) is 13.9 Å². The van der Waals surface area contributed by atoms with Crippen molar-refractivity contribution < 1.29 is 22.7 Å². The van der Waals surface area contributed by atoms with E-state index in [4.69, 9.17) is 39.5 Å². The molecule has 0 saturated heterocycles. The first kappa shape index (κ1) is 35.5. The number of amides is 2. The monoisotopic (exact) mass is 727 g/mol. The third kappa shape index (κ3) is 8.63. The van der Waals surface area contributed by atoms with E-state index in [2.05, 4.69) is 5.32 Å². The van der Waals surface area contributed by atoms with Crippen LogP contribution in [0.5, 0.6) is 5.75 Å². The van der Waals surface area contributed by atoms with Gasteiger partial charge in [-0.1, -0.05) is 102 Å². The molecule has 4 aromatic rings. The van der Waals surface area contributed by atoms with Gasteiger partial charge in [-0.15, -0.1) is 0 Å². The summed E-state index contributed by atoms with van der Waals surface area (Å²) in [6.45, 7) is -0.753. The van der Waals surface area contributed by atoms with E-state index in [0.717, 1.165) is 35.6 Å². The Labute approximate surface area is 296 Å². The molecule has 1 aliphatic rings. The topological polar surface area (TPSA) is 96.0 Å². The van der Waals surface area contributed by atoms with Crippen molar-refractivity contribution >= 4 is 62.3 Å². The van der Waals surface area contributed by atoms with Crippen LogP contribution in [0.3, 0.4) is 0 Å². The third-order valence-electron chi connectivity index (χ3n) is 8.35. The average Bonchev–Trinajstić information content (AvgIpc) is 3.59. The first-order valence-electron chi connectivity index (χ1n) is 15.6. The lowest BCUT2D eigenvalue weighted by Gasteiger charge is -2.34. The number of halogens is 3. The number of nitrogens with zero attached hydrogens (tertiary/aromatic N) is 2. The van der Waals surface area contributed by atoms with E-state index >= 15 is 0 Å². The summed E-state index contributed by atoms with van der Waals surface area (Å²) in [5.41, 5.74) is 1.44. The van der Waals surface area contributed by atoms with E-state index in [1.165, 1.54) is 36.3 Å². The van der Waals surface area contributed by atoms with Crippen LogP contribution in [-0.2, 0) is 32.6 Å². The molecule has 2 amide bonds. The van der Waals surface area contributed by atoms with Gasteiger partial charge >= 0.3 is 0 Å². The van der Waals surface area contributed by atoms with Crippen molar-refractivity contribution in [2.75, 3.05) is 18.0 Å². The largest absolute Gasteiger partial charge is 0.495 e. The molecular weight excluding hydrogens is 693 g/mol. The highest BCUT2D eigenvalue weighted by Gasteiger charge is 2.36. The zero-order valence-electron chi connectivity index (χ0n) is 26.3. The third-order valence-corrected chi connectivity index (χ3v) is 10.9. The fourth-order valence-electron chi connectivity index (χ4n) is 5.85. The van der Waals surface area contributed by atoms with Crippen LogP contribution < -0.4 is 14.4 Å². The zero-order valence-corrected chi connectivity index (χ0v) is 29.4. The summed E-state index contributed by atoms with van der Waals surface area (Å²) in [5, 5.41) is 4.12. The first-order chi connectivity index (χ1) is 23.1. The Bertz CT molecular complexity index is 1840. The number of rotatable bonds is 13. The fourth-order valence-corrected chi connectivity index (χ4v) is 7.92. The molecule has 1 N–H and O–H groups in total. The van der Waals surface area contributed by atoms with Crippen molar-refractivity contribution in [2.45, 2.75) is 55.6 Å². The summed E-state index contributed by atoms with van der Waals surface area (Å²) in [4.78, 5) is 30.3. The molecule has 0 aliphatic heterocycles. The molecular formula is C36H36Cl3N3O5S. The van der Waals surface area contributed by atoms with E-state index in [9.17, 15) is 18.0 Å². The number of sulfonamides is 1. The Morgan fingerprint density at radius 3 is 2.15 bits per heavy atom. The van der Waals surface area contributed by atoms with E-state index in [0.29, 0.717) is 15.6 Å². The smallest absolute Gasteiger partial charge is 0.264 e. The van der Waals surface area contributed by atoms with Crippen LogP contribution in [0.1, 0.15) is 36.8 Å². The molecule has 48 heavy (non-hydrogen) atoms. The van der Waals surface area contributed by atoms with Crippen molar-refractivity contribution in [3.05, 3.63) is 123 Å². The maximum atomic E-state index is 14.7. The molecule has 1 aliphatic carbocycles. The van der Waals surface area contributed by atoms with Gasteiger partial charge < -0.3 is 15.0 Å². The molecule has 4 aromatic carbocycles. The summed E-state index contributed by atoms with van der Waals surface area (Å²) in [5.74, 6) is -0.772. The van der Waals surface area contributed by atoms with Gasteiger partial charge in [0.25, 0.3) is 10.0 Å². The molecule has 1 saturated carbocycles. The summed E-state index contributed by atoms with van der Waals surface area (Å²) in [6, 6.07) is 25.6. The molecule has 0 aromatic heterocycles. The van der Waals surface area contributed by atoms with Crippen molar-refractivity contribution in [1.29, 1.82) is 0 Å². The lowest BCUT2D eigenvalue weighted by Crippen LogP contribution is -2.54. The maximum Gasteiger partial charge on any atom is 0.264 e. The van der Waals surface area contributed by atoms with Crippen LogP contribution in [-0.4, -0.2) is 50.9 Å². The molecule has 12 heteroatoms. The number of benzene rings is 4. The SMILES string of the molecule is COc1ccc(Cl)cc1N(CC(=O)N(Cc1ccc(Cl)cc1Cl)[C@H](Cc1ccccc1)C(=O)NC1CCCC1)S(=O)(=O)c1ccccc1. The summed E-state index contributed by atoms with van der Waals surface area (Å²) < 4.78 is 35.1. The lowest BCUT2D eigenvalue weighted by atomic mass is 10.0. The number of hydrogen-bond donors (Lipinski definition) is 1. The predicted molar refractivity (Wildman–Crippen MR) is 190 cm³/mol. The normalized spacial score (nSPS) is 13.9. The van der Waals surface area contributed by atoms with Crippen LogP contribution in [0.4, 0.5) is 5.69 Å². The minimum atomic E-state index is -4.34. The number of nitrogens with one attached hydrogen (secondary N) is 1. The van der Waals surface area contributed by atoms with Gasteiger partial charge in [0.1, 0.15) is 18.3 Å². The molecule has 1 fully saturated rings. The molecule has 252 valence electrons. The number of ether oxygens (including phenoxy) is 1. The van der Waals surface area contributed by atoms with E-state index in [-0.39, 0.29) is 46.3 Å². The van der Waals surface area contributed by atoms with Gasteiger partial charge in [0.05, 0.1) is 17.7 Å². The highest BCUT2D eigenvalue weighted by molar-refractivity contribution is 7.92. The van der Waals surface area contributed by atoms with Gasteiger partial charge in [0, 0.05) is 34.1 Å². The average molecular weight is 729 g/mol. The molecule has 0 radical (unpaired) electrons. The molecule has 1 atom stereocenters. The number of carbonyl (C=O) groups is 2. The quantitative estimate of drug-likeness (QED) is 0.154. The molecule has 8 nitrogen and oxygen atoms in total. The summed E-state index contributed by atoms with van der Waals surface area (Å²) >= 11 is 19.2. The van der Waals surface area contributed by atoms with E-state index in [1.807, 2.05) is 30.3 Å². The second-order valence-corrected chi connectivity index (χ2v) is 14.7. The molecule has 0 spiro atoms. The zero-order chi connectivity index (χ0) is 34.3. The van der Waals surface area contributed by atoms with Gasteiger partial charge in [-0.2, -0.15) is 0 Å². The Morgan fingerprint density at radius 1 is 0.875 bits per heavy atom. The lowest BCUT2D eigenvalue weighted by molar-refractivity contribution is -0.140. The predicted octanol–water partition coefficient (Wildman–Crippen LogP) is 7.55. The number of methoxy groups -OCH3 is 1. The second kappa shape index (κ2) is 16.1. The summed E-state index contributed by atoms with van der Waals surface area (Å²) in [7, 11) is -2.94. The van der Waals surface area contributed by atoms with Crippen LogP contribution in [0.2, 0.25) is 15.1 Å². The van der Waals surface area contributed by atoms with Gasteiger partial charge in [-0.05, 0) is 66.4 Å². The van der Waals surface area contributed by atoms with Crippen molar-refractivity contribution in [1.82, 2.24) is 10.2 Å². The number of anilines is 1. The van der Waals surface area contributed by atoms with Crippen LogP contribution in [0.15, 0.2) is 102 Å². The van der Waals surface area contributed by atoms with E-state index in [1.54, 1.807) is 42.5 Å². The van der Waals surface area contributed by atoms with E-state index < -0.39 is 28.5 Å². The number of hydrogen-bond acceptors (Lipinski definition) is 5. The highest BCUT2D eigenvalue weighted by atomic mass is 35.5. The van der Waals surface area contributed by atoms with Crippen LogP contribution >= 0.6 is 34.8 Å². The molecule has 5 rings (SSSR count). The van der Waals surface area contributed by atoms with Crippen LogP contribution in [0.25, 0.3) is 0 Å². The Balaban J connectivity index is 1.61. The highest BCUT2D eigenvalue weighted by Crippen LogP contribution is 2.35. The summed E-state index contributed by atoms with van der Waals surface area (Å²) in [6.07, 6.45) is 3.88. The maximum absolute atomic E-state index is 14.7. The minimum absolute atomic E-state index is 0.0162. The second-order valence-electron chi connectivity index (χ2n) is 11.6. The number of carbonyl (C=O) groups excluding carboxylic acids is 2. The Kier molecular flexibility index (Phi) is 11.9. The van der Waals surface area contributed by atoms with Gasteiger partial charge in [0.2, 0.25) is 11.8 Å². The van der Waals surface area contributed by atoms with Crippen molar-refractivity contribution in [2.24, 2.45) is 0 Å². The van der Waals surface area contributed by atoms with Gasteiger partial charge in [0.15, 0.2) is 0 Å². The van der Waals surface area contributed by atoms with Crippen molar-refractivity contribution in [3.63, 3.8) is 0 Å². The molecule has 0 bridgehead atoms. The Morgan fingerprint density at radius 2 is 1.50 bits per heavy atom. The standard InChI is InChI=1S/C36H36Cl3N3O5S/c1-47-34-19-18-28(38)22-32(34)42(48(45,46)30-14-6-3-7-15-30)24-35(43)41(23-26-16-17-27(37)21-31(26)39)33(20-25-10-4-2-5-11-25)36(44)40-29-12-8-9-13-29/h2-7,10-11,14-19,21-22,29,33H,8-9,12-13,20,23-24H2,1H3,(H,40,44)/t33-/m1/s1. The molecule has 0 heterocycles.